The minimum atomic E-state index is -0.740. The fraction of sp³-hybridized carbons (Fsp3) is 0.273. The van der Waals surface area contributed by atoms with Crippen molar-refractivity contribution in [3.05, 3.63) is 41.0 Å². The summed E-state index contributed by atoms with van der Waals surface area (Å²) in [5.41, 5.74) is 2.53. The zero-order chi connectivity index (χ0) is 9.42. The molecule has 0 bridgehead atoms. The molecule has 13 heavy (non-hydrogen) atoms. The minimum Gasteiger partial charge on any atom is -0.204 e. The van der Waals surface area contributed by atoms with Crippen molar-refractivity contribution in [2.75, 3.05) is 0 Å². The van der Waals surface area contributed by atoms with E-state index in [1.165, 1.54) is 6.07 Å². The third-order valence-corrected chi connectivity index (χ3v) is 2.53. The minimum absolute atomic E-state index is 0.535. The molecule has 2 heteroatoms. The van der Waals surface area contributed by atoms with Gasteiger partial charge in [0, 0.05) is 0 Å². The normalized spacial score (nSPS) is 17.9. The number of rotatable bonds is 0. The molecule has 2 rings (SSSR count). The van der Waals surface area contributed by atoms with Crippen LogP contribution >= 0.6 is 0 Å². The van der Waals surface area contributed by atoms with Crippen molar-refractivity contribution in [2.24, 2.45) is 0 Å². The van der Waals surface area contributed by atoms with Gasteiger partial charge in [-0.1, -0.05) is 12.1 Å². The lowest BCUT2D eigenvalue weighted by molar-refractivity contribution is 0.500. The van der Waals surface area contributed by atoms with Crippen LogP contribution < -0.4 is 0 Å². The van der Waals surface area contributed by atoms with Gasteiger partial charge in [-0.25, -0.2) is 8.78 Å². The summed E-state index contributed by atoms with van der Waals surface area (Å²) in [6.45, 7) is 1.92. The van der Waals surface area contributed by atoms with E-state index >= 15 is 0 Å². The lowest BCUT2D eigenvalue weighted by Gasteiger charge is -2.01. The van der Waals surface area contributed by atoms with Crippen molar-refractivity contribution >= 4 is 5.57 Å². The largest absolute Gasteiger partial charge is 0.204 e. The third kappa shape index (κ3) is 1.17. The van der Waals surface area contributed by atoms with Crippen LogP contribution in [0.4, 0.5) is 8.78 Å². The molecule has 0 spiro atoms. The molecule has 0 aliphatic heterocycles. The van der Waals surface area contributed by atoms with Crippen LogP contribution in [0.3, 0.4) is 0 Å². The van der Waals surface area contributed by atoms with Crippen LogP contribution in [0.15, 0.2) is 18.2 Å². The fourth-order valence-electron chi connectivity index (χ4n) is 1.83. The van der Waals surface area contributed by atoms with Crippen molar-refractivity contribution < 1.29 is 8.78 Å². The summed E-state index contributed by atoms with van der Waals surface area (Å²) in [5, 5.41) is 0. The Morgan fingerprint density at radius 1 is 1.23 bits per heavy atom. The van der Waals surface area contributed by atoms with Gasteiger partial charge >= 0.3 is 0 Å². The number of allylic oxidation sites excluding steroid dienone is 2. The maximum absolute atomic E-state index is 13.2. The number of hydrogen-bond acceptors (Lipinski definition) is 0. The van der Waals surface area contributed by atoms with Crippen LogP contribution in [-0.2, 0) is 6.42 Å². The van der Waals surface area contributed by atoms with Crippen molar-refractivity contribution in [3.8, 4) is 0 Å². The Bertz CT molecular complexity index is 378. The van der Waals surface area contributed by atoms with E-state index in [1.807, 2.05) is 13.0 Å². The quantitative estimate of drug-likeness (QED) is 0.574. The molecular weight excluding hydrogens is 170 g/mol. The molecule has 0 heterocycles. The Morgan fingerprint density at radius 3 is 2.69 bits per heavy atom. The van der Waals surface area contributed by atoms with E-state index in [1.54, 1.807) is 6.07 Å². The molecule has 1 aliphatic rings. The van der Waals surface area contributed by atoms with E-state index in [0.29, 0.717) is 12.0 Å². The molecule has 0 fully saturated rings. The van der Waals surface area contributed by atoms with Gasteiger partial charge in [0.15, 0.2) is 11.6 Å². The Kier molecular flexibility index (Phi) is 1.91. The summed E-state index contributed by atoms with van der Waals surface area (Å²) in [5.74, 6) is -1.41. The van der Waals surface area contributed by atoms with Crippen LogP contribution in [0.5, 0.6) is 0 Å². The molecule has 0 saturated carbocycles. The van der Waals surface area contributed by atoms with Gasteiger partial charge in [-0.05, 0) is 42.5 Å². The maximum atomic E-state index is 13.2. The van der Waals surface area contributed by atoms with E-state index in [0.717, 1.165) is 17.6 Å². The van der Waals surface area contributed by atoms with E-state index in [2.05, 4.69) is 0 Å². The second kappa shape index (κ2) is 2.95. The molecule has 68 valence electrons. The first kappa shape index (κ1) is 8.42. The van der Waals surface area contributed by atoms with E-state index in [4.69, 9.17) is 0 Å². The van der Waals surface area contributed by atoms with Crippen molar-refractivity contribution in [1.29, 1.82) is 0 Å². The zero-order valence-electron chi connectivity index (χ0n) is 7.40. The van der Waals surface area contributed by atoms with Crippen LogP contribution in [0.2, 0.25) is 0 Å². The molecule has 0 saturated heterocycles. The molecule has 1 aromatic rings. The average molecular weight is 180 g/mol. The summed E-state index contributed by atoms with van der Waals surface area (Å²) in [6, 6.07) is 2.86. The molecule has 0 radical (unpaired) electrons. The first-order valence-electron chi connectivity index (χ1n) is 4.36. The summed E-state index contributed by atoms with van der Waals surface area (Å²) in [6.07, 6.45) is 3.41. The molecule has 0 N–H and O–H groups in total. The van der Waals surface area contributed by atoms with E-state index in [9.17, 15) is 8.78 Å². The number of halogens is 2. The lowest BCUT2D eigenvalue weighted by atomic mass is 10.1. The molecular formula is C11H10F2. The van der Waals surface area contributed by atoms with Gasteiger partial charge in [0.05, 0.1) is 0 Å². The average Bonchev–Trinajstić information content (AvgIpc) is 2.55. The summed E-state index contributed by atoms with van der Waals surface area (Å²) >= 11 is 0. The van der Waals surface area contributed by atoms with Crippen molar-refractivity contribution in [1.82, 2.24) is 0 Å². The second-order valence-corrected chi connectivity index (χ2v) is 3.20. The van der Waals surface area contributed by atoms with E-state index < -0.39 is 11.6 Å². The molecule has 0 atom stereocenters. The highest BCUT2D eigenvalue weighted by molar-refractivity contribution is 5.72. The zero-order valence-corrected chi connectivity index (χ0v) is 7.40. The second-order valence-electron chi connectivity index (χ2n) is 3.20. The van der Waals surface area contributed by atoms with Gasteiger partial charge in [-0.15, -0.1) is 0 Å². The monoisotopic (exact) mass is 180 g/mol. The Hall–Kier alpha value is -1.18. The first-order chi connectivity index (χ1) is 6.24. The van der Waals surface area contributed by atoms with Gasteiger partial charge in [0.1, 0.15) is 0 Å². The highest BCUT2D eigenvalue weighted by atomic mass is 19.2. The fourth-order valence-corrected chi connectivity index (χ4v) is 1.83. The molecule has 0 aromatic heterocycles. The molecule has 0 unspecified atom stereocenters. The first-order valence-corrected chi connectivity index (χ1v) is 4.36. The van der Waals surface area contributed by atoms with Crippen LogP contribution in [0.1, 0.15) is 24.5 Å². The SMILES string of the molecule is C/C=C1\CCc2c1ccc(F)c2F. The predicted molar refractivity (Wildman–Crippen MR) is 48.3 cm³/mol. The third-order valence-electron chi connectivity index (χ3n) is 2.53. The number of fused-ring (bicyclic) bond motifs is 1. The molecule has 0 nitrogen and oxygen atoms in total. The predicted octanol–water partition coefficient (Wildman–Crippen LogP) is 3.31. The van der Waals surface area contributed by atoms with Crippen LogP contribution in [-0.4, -0.2) is 0 Å². The standard InChI is InChI=1S/C11H10F2/c1-2-7-3-4-9-8(7)5-6-10(12)11(9)13/h2,5-6H,3-4H2,1H3/b7-2+. The van der Waals surface area contributed by atoms with Gasteiger partial charge in [0.25, 0.3) is 0 Å². The molecule has 1 aromatic carbocycles. The van der Waals surface area contributed by atoms with E-state index in [-0.39, 0.29) is 0 Å². The van der Waals surface area contributed by atoms with Gasteiger partial charge in [0.2, 0.25) is 0 Å². The lowest BCUT2D eigenvalue weighted by Crippen LogP contribution is -1.92. The smallest absolute Gasteiger partial charge is 0.162 e. The Labute approximate surface area is 75.9 Å². The van der Waals surface area contributed by atoms with Crippen LogP contribution in [0.25, 0.3) is 5.57 Å². The highest BCUT2D eigenvalue weighted by Gasteiger charge is 2.21. The summed E-state index contributed by atoms with van der Waals surface area (Å²) < 4.78 is 26.0. The van der Waals surface area contributed by atoms with Gasteiger partial charge in [-0.3, -0.25) is 0 Å². The maximum Gasteiger partial charge on any atom is 0.162 e. The molecule has 0 amide bonds. The van der Waals surface area contributed by atoms with Crippen molar-refractivity contribution in [3.63, 3.8) is 0 Å². The molecule has 1 aliphatic carbocycles. The van der Waals surface area contributed by atoms with Crippen LogP contribution in [0, 0.1) is 11.6 Å². The van der Waals surface area contributed by atoms with Crippen molar-refractivity contribution in [2.45, 2.75) is 19.8 Å². The highest BCUT2D eigenvalue weighted by Crippen LogP contribution is 2.34. The van der Waals surface area contributed by atoms with Gasteiger partial charge < -0.3 is 0 Å². The summed E-state index contributed by atoms with van der Waals surface area (Å²) in [7, 11) is 0. The number of hydrogen-bond donors (Lipinski definition) is 0. The number of benzene rings is 1. The Morgan fingerprint density at radius 2 is 2.00 bits per heavy atom. The Balaban J connectivity index is 2.64. The van der Waals surface area contributed by atoms with Gasteiger partial charge in [-0.2, -0.15) is 0 Å². The topological polar surface area (TPSA) is 0 Å². The summed E-state index contributed by atoms with van der Waals surface area (Å²) in [4.78, 5) is 0.